The lowest BCUT2D eigenvalue weighted by Gasteiger charge is -2.07. The summed E-state index contributed by atoms with van der Waals surface area (Å²) in [6.45, 7) is 3.96. The van der Waals surface area contributed by atoms with Gasteiger partial charge in [-0.2, -0.15) is 4.68 Å². The number of hydrogen-bond donors (Lipinski definition) is 0. The second kappa shape index (κ2) is 7.47. The molecule has 0 radical (unpaired) electrons. The zero-order chi connectivity index (χ0) is 19.7. The molecule has 8 heteroatoms. The van der Waals surface area contributed by atoms with Gasteiger partial charge in [0.1, 0.15) is 0 Å². The highest BCUT2D eigenvalue weighted by Crippen LogP contribution is 2.23. The molecular formula is C20H20N6OS. The summed E-state index contributed by atoms with van der Waals surface area (Å²) in [6, 6.07) is 17.9. The van der Waals surface area contributed by atoms with E-state index >= 15 is 0 Å². The Morgan fingerprint density at radius 3 is 2.57 bits per heavy atom. The molecule has 0 aliphatic carbocycles. The summed E-state index contributed by atoms with van der Waals surface area (Å²) < 4.78 is 4.99. The van der Waals surface area contributed by atoms with Crippen LogP contribution in [0.5, 0.6) is 0 Å². The van der Waals surface area contributed by atoms with Gasteiger partial charge in [-0.25, -0.2) is 4.68 Å². The fraction of sp³-hybridized carbons (Fsp3) is 0.200. The van der Waals surface area contributed by atoms with Crippen molar-refractivity contribution in [2.45, 2.75) is 24.8 Å². The number of thioether (sulfide) groups is 1. The topological polar surface area (TPSA) is 70.5 Å². The third-order valence-corrected chi connectivity index (χ3v) is 5.62. The van der Waals surface area contributed by atoms with Crippen molar-refractivity contribution in [3.8, 4) is 11.4 Å². The number of para-hydroxylation sites is 1. The Morgan fingerprint density at radius 1 is 1.04 bits per heavy atom. The first-order valence-electron chi connectivity index (χ1n) is 8.87. The minimum absolute atomic E-state index is 0.157. The molecule has 0 atom stereocenters. The van der Waals surface area contributed by atoms with Crippen molar-refractivity contribution in [2.75, 3.05) is 0 Å². The molecule has 0 N–H and O–H groups in total. The Kier molecular flexibility index (Phi) is 4.87. The van der Waals surface area contributed by atoms with E-state index in [9.17, 15) is 4.79 Å². The minimum atomic E-state index is -0.157. The lowest BCUT2D eigenvalue weighted by atomic mass is 10.2. The summed E-state index contributed by atoms with van der Waals surface area (Å²) in [5.74, 6) is 0.723. The van der Waals surface area contributed by atoms with Crippen LogP contribution in [0.15, 0.2) is 64.5 Å². The van der Waals surface area contributed by atoms with Crippen LogP contribution < -0.4 is 5.56 Å². The van der Waals surface area contributed by atoms with E-state index in [4.69, 9.17) is 0 Å². The van der Waals surface area contributed by atoms with Crippen LogP contribution >= 0.6 is 11.8 Å². The van der Waals surface area contributed by atoms with Crippen LogP contribution in [0.4, 0.5) is 0 Å². The van der Waals surface area contributed by atoms with Gasteiger partial charge in [0.15, 0.2) is 5.69 Å². The summed E-state index contributed by atoms with van der Waals surface area (Å²) in [7, 11) is 1.86. The molecule has 0 spiro atoms. The molecule has 0 aliphatic heterocycles. The maximum atomic E-state index is 13.2. The highest BCUT2D eigenvalue weighted by molar-refractivity contribution is 7.98. The second-order valence-electron chi connectivity index (χ2n) is 6.56. The maximum Gasteiger partial charge on any atom is 0.297 e. The van der Waals surface area contributed by atoms with E-state index in [1.807, 2.05) is 55.1 Å². The Labute approximate surface area is 166 Å². The molecule has 28 heavy (non-hydrogen) atoms. The Morgan fingerprint density at radius 2 is 1.82 bits per heavy atom. The quantitative estimate of drug-likeness (QED) is 0.488. The molecule has 0 unspecified atom stereocenters. The van der Waals surface area contributed by atoms with Crippen LogP contribution in [0.2, 0.25) is 0 Å². The normalized spacial score (nSPS) is 11.1. The zero-order valence-corrected chi connectivity index (χ0v) is 16.7. The van der Waals surface area contributed by atoms with E-state index in [1.54, 1.807) is 4.68 Å². The smallest absolute Gasteiger partial charge is 0.283 e. The van der Waals surface area contributed by atoms with E-state index < -0.39 is 0 Å². The maximum absolute atomic E-state index is 13.2. The molecule has 4 aromatic rings. The third-order valence-electron chi connectivity index (χ3n) is 4.63. The molecule has 4 rings (SSSR count). The van der Waals surface area contributed by atoms with Crippen molar-refractivity contribution in [1.82, 2.24) is 29.6 Å². The van der Waals surface area contributed by atoms with E-state index in [-0.39, 0.29) is 5.56 Å². The Hall–Kier alpha value is -3.13. The molecule has 0 saturated carbocycles. The standard InChI is InChI=1S/C20H20N6OS/c1-14-8-7-9-16(12-14)13-28-20-21-22-23-25(20)18-15(2)24(3)26(19(18)27)17-10-5-4-6-11-17/h4-12H,13H2,1-3H3. The summed E-state index contributed by atoms with van der Waals surface area (Å²) >= 11 is 1.51. The molecular weight excluding hydrogens is 372 g/mol. The molecule has 7 nitrogen and oxygen atoms in total. The van der Waals surface area contributed by atoms with Crippen molar-refractivity contribution in [2.24, 2.45) is 7.05 Å². The zero-order valence-electron chi connectivity index (χ0n) is 15.9. The van der Waals surface area contributed by atoms with Crippen molar-refractivity contribution in [1.29, 1.82) is 0 Å². The van der Waals surface area contributed by atoms with Gasteiger partial charge in [-0.3, -0.25) is 9.48 Å². The second-order valence-corrected chi connectivity index (χ2v) is 7.50. The molecule has 2 aromatic heterocycles. The average molecular weight is 392 g/mol. The van der Waals surface area contributed by atoms with Crippen LogP contribution in [0.25, 0.3) is 11.4 Å². The largest absolute Gasteiger partial charge is 0.297 e. The highest BCUT2D eigenvalue weighted by Gasteiger charge is 2.21. The minimum Gasteiger partial charge on any atom is -0.283 e. The fourth-order valence-electron chi connectivity index (χ4n) is 3.16. The van der Waals surface area contributed by atoms with Gasteiger partial charge in [-0.05, 0) is 42.0 Å². The Bertz CT molecular complexity index is 1180. The molecule has 142 valence electrons. The van der Waals surface area contributed by atoms with Crippen molar-refractivity contribution < 1.29 is 0 Å². The van der Waals surface area contributed by atoms with Gasteiger partial charge >= 0.3 is 0 Å². The summed E-state index contributed by atoms with van der Waals surface area (Å²) in [5, 5.41) is 12.6. The molecule has 0 amide bonds. The molecule has 2 heterocycles. The van der Waals surface area contributed by atoms with Gasteiger partial charge in [-0.15, -0.1) is 5.10 Å². The first-order chi connectivity index (χ1) is 13.6. The number of aryl methyl sites for hydroxylation is 1. The van der Waals surface area contributed by atoms with E-state index in [2.05, 4.69) is 40.6 Å². The number of tetrazole rings is 1. The van der Waals surface area contributed by atoms with E-state index in [0.717, 1.165) is 17.1 Å². The summed E-state index contributed by atoms with van der Waals surface area (Å²) in [6.07, 6.45) is 0. The van der Waals surface area contributed by atoms with Gasteiger partial charge in [0.25, 0.3) is 5.56 Å². The molecule has 0 aliphatic rings. The SMILES string of the molecule is Cc1cccc(CSc2nnnn2-c2c(C)n(C)n(-c3ccccc3)c2=O)c1. The first kappa shape index (κ1) is 18.2. The molecule has 0 saturated heterocycles. The van der Waals surface area contributed by atoms with Crippen molar-refractivity contribution in [3.63, 3.8) is 0 Å². The van der Waals surface area contributed by atoms with E-state index in [0.29, 0.717) is 10.8 Å². The van der Waals surface area contributed by atoms with Crippen molar-refractivity contribution >= 4 is 11.8 Å². The first-order valence-corrected chi connectivity index (χ1v) is 9.86. The van der Waals surface area contributed by atoms with Gasteiger partial charge in [0, 0.05) is 12.8 Å². The number of hydrogen-bond acceptors (Lipinski definition) is 5. The lowest BCUT2D eigenvalue weighted by Crippen LogP contribution is -2.22. The van der Waals surface area contributed by atoms with Crippen LogP contribution in [-0.2, 0) is 12.8 Å². The molecule has 0 bridgehead atoms. The number of benzene rings is 2. The van der Waals surface area contributed by atoms with Gasteiger partial charge in [0.05, 0.1) is 11.4 Å². The molecule has 0 fully saturated rings. The van der Waals surface area contributed by atoms with Crippen LogP contribution in [-0.4, -0.2) is 29.6 Å². The van der Waals surface area contributed by atoms with Crippen LogP contribution in [0, 0.1) is 13.8 Å². The number of aromatic nitrogens is 6. The highest BCUT2D eigenvalue weighted by atomic mass is 32.2. The third kappa shape index (κ3) is 3.27. The fourth-order valence-corrected chi connectivity index (χ4v) is 3.98. The predicted octanol–water partition coefficient (Wildman–Crippen LogP) is 3.06. The predicted molar refractivity (Wildman–Crippen MR) is 109 cm³/mol. The van der Waals surface area contributed by atoms with Crippen LogP contribution in [0.3, 0.4) is 0 Å². The monoisotopic (exact) mass is 392 g/mol. The summed E-state index contributed by atoms with van der Waals surface area (Å²) in [5.41, 5.74) is 4.29. The lowest BCUT2D eigenvalue weighted by molar-refractivity contribution is 0.630. The van der Waals surface area contributed by atoms with E-state index in [1.165, 1.54) is 27.6 Å². The Balaban J connectivity index is 1.72. The van der Waals surface area contributed by atoms with Crippen LogP contribution in [0.1, 0.15) is 16.8 Å². The summed E-state index contributed by atoms with van der Waals surface area (Å²) in [4.78, 5) is 13.2. The number of nitrogens with zero attached hydrogens (tertiary/aromatic N) is 6. The average Bonchev–Trinajstić information content (AvgIpc) is 3.23. The van der Waals surface area contributed by atoms with Crippen molar-refractivity contribution in [3.05, 3.63) is 81.8 Å². The van der Waals surface area contributed by atoms with Gasteiger partial charge in [0.2, 0.25) is 5.16 Å². The van der Waals surface area contributed by atoms with Gasteiger partial charge < -0.3 is 0 Å². The van der Waals surface area contributed by atoms with Gasteiger partial charge in [-0.1, -0.05) is 59.8 Å². The molecule has 2 aromatic carbocycles. The number of rotatable bonds is 5.